The van der Waals surface area contributed by atoms with Crippen molar-refractivity contribution >= 4 is 0 Å². The third-order valence-electron chi connectivity index (χ3n) is 5.77. The SMILES string of the molecule is CC(C)(C)c1cc(-c2cccc(-c3ccccn3)n2)nc(C(C)(C)c2ccccc2)c1. The van der Waals surface area contributed by atoms with Gasteiger partial charge in [-0.1, -0.05) is 77.1 Å². The summed E-state index contributed by atoms with van der Waals surface area (Å²) in [5, 5.41) is 0. The first-order chi connectivity index (χ1) is 14.7. The number of hydrogen-bond donors (Lipinski definition) is 0. The molecule has 0 saturated carbocycles. The first-order valence-corrected chi connectivity index (χ1v) is 10.7. The van der Waals surface area contributed by atoms with E-state index in [2.05, 4.69) is 82.1 Å². The molecule has 0 unspecified atom stereocenters. The van der Waals surface area contributed by atoms with Gasteiger partial charge in [-0.2, -0.15) is 0 Å². The Morgan fingerprint density at radius 2 is 1.19 bits per heavy atom. The predicted octanol–water partition coefficient (Wildman–Crippen LogP) is 6.83. The number of aromatic nitrogens is 3. The maximum absolute atomic E-state index is 5.12. The monoisotopic (exact) mass is 407 g/mol. The molecule has 0 aliphatic carbocycles. The Balaban J connectivity index is 1.87. The van der Waals surface area contributed by atoms with Gasteiger partial charge in [-0.3, -0.25) is 9.97 Å². The molecule has 0 amide bonds. The number of nitrogens with zero attached hydrogens (tertiary/aromatic N) is 3. The van der Waals surface area contributed by atoms with Crippen LogP contribution in [0.3, 0.4) is 0 Å². The third-order valence-corrected chi connectivity index (χ3v) is 5.77. The van der Waals surface area contributed by atoms with E-state index < -0.39 is 0 Å². The lowest BCUT2D eigenvalue weighted by Gasteiger charge is -2.28. The molecule has 3 heterocycles. The molecule has 0 saturated heterocycles. The highest BCUT2D eigenvalue weighted by Gasteiger charge is 2.27. The van der Waals surface area contributed by atoms with E-state index in [1.807, 2.05) is 36.4 Å². The van der Waals surface area contributed by atoms with Gasteiger partial charge in [-0.05, 0) is 52.9 Å². The van der Waals surface area contributed by atoms with Gasteiger partial charge in [0.25, 0.3) is 0 Å². The van der Waals surface area contributed by atoms with Crippen molar-refractivity contribution in [2.75, 3.05) is 0 Å². The average Bonchev–Trinajstić information content (AvgIpc) is 2.79. The molecule has 0 N–H and O–H groups in total. The quantitative estimate of drug-likeness (QED) is 0.372. The smallest absolute Gasteiger partial charge is 0.0894 e. The largest absolute Gasteiger partial charge is 0.255 e. The topological polar surface area (TPSA) is 38.7 Å². The highest BCUT2D eigenvalue weighted by Crippen LogP contribution is 2.35. The van der Waals surface area contributed by atoms with Crippen LogP contribution in [0.2, 0.25) is 0 Å². The summed E-state index contributed by atoms with van der Waals surface area (Å²) in [5.74, 6) is 0. The van der Waals surface area contributed by atoms with Crippen molar-refractivity contribution in [2.45, 2.75) is 45.4 Å². The van der Waals surface area contributed by atoms with Crippen LogP contribution < -0.4 is 0 Å². The van der Waals surface area contributed by atoms with E-state index in [4.69, 9.17) is 9.97 Å². The molecule has 3 nitrogen and oxygen atoms in total. The van der Waals surface area contributed by atoms with E-state index in [1.54, 1.807) is 6.20 Å². The van der Waals surface area contributed by atoms with Gasteiger partial charge in [0.2, 0.25) is 0 Å². The zero-order chi connectivity index (χ0) is 22.1. The standard InChI is InChI=1S/C28H29N3/c1-27(2,3)21-18-25(24-16-11-15-23(30-24)22-14-9-10-17-29-22)31-26(19-21)28(4,5)20-12-7-6-8-13-20/h6-19H,1-5H3. The summed E-state index contributed by atoms with van der Waals surface area (Å²) in [4.78, 5) is 14.5. The van der Waals surface area contributed by atoms with E-state index >= 15 is 0 Å². The van der Waals surface area contributed by atoms with Crippen molar-refractivity contribution in [3.05, 3.63) is 102 Å². The Hall–Kier alpha value is -3.33. The molecule has 0 radical (unpaired) electrons. The molecular formula is C28H29N3. The summed E-state index contributed by atoms with van der Waals surface area (Å²) in [6, 6.07) is 26.9. The molecule has 4 rings (SSSR count). The Morgan fingerprint density at radius 1 is 0.548 bits per heavy atom. The van der Waals surface area contributed by atoms with Crippen LogP contribution >= 0.6 is 0 Å². The summed E-state index contributed by atoms with van der Waals surface area (Å²) in [7, 11) is 0. The fourth-order valence-electron chi connectivity index (χ4n) is 3.65. The van der Waals surface area contributed by atoms with Crippen LogP contribution in [0.5, 0.6) is 0 Å². The van der Waals surface area contributed by atoms with Gasteiger partial charge in [-0.25, -0.2) is 4.98 Å². The summed E-state index contributed by atoms with van der Waals surface area (Å²) in [5.41, 5.74) is 6.78. The van der Waals surface area contributed by atoms with E-state index in [-0.39, 0.29) is 10.8 Å². The minimum Gasteiger partial charge on any atom is -0.255 e. The Bertz CT molecular complexity index is 1170. The molecule has 156 valence electrons. The lowest BCUT2D eigenvalue weighted by atomic mass is 9.78. The van der Waals surface area contributed by atoms with E-state index in [0.29, 0.717) is 0 Å². The van der Waals surface area contributed by atoms with Crippen molar-refractivity contribution in [1.82, 2.24) is 15.0 Å². The molecule has 3 heteroatoms. The van der Waals surface area contributed by atoms with Gasteiger partial charge >= 0.3 is 0 Å². The van der Waals surface area contributed by atoms with Gasteiger partial charge in [0.15, 0.2) is 0 Å². The van der Waals surface area contributed by atoms with E-state index in [0.717, 1.165) is 28.5 Å². The second-order valence-corrected chi connectivity index (χ2v) is 9.49. The lowest BCUT2D eigenvalue weighted by molar-refractivity contribution is 0.574. The average molecular weight is 408 g/mol. The summed E-state index contributed by atoms with van der Waals surface area (Å²) >= 11 is 0. The molecule has 0 atom stereocenters. The Morgan fingerprint density at radius 3 is 1.84 bits per heavy atom. The fraction of sp³-hybridized carbons (Fsp3) is 0.250. The molecular weight excluding hydrogens is 378 g/mol. The van der Waals surface area contributed by atoms with Crippen molar-refractivity contribution in [1.29, 1.82) is 0 Å². The van der Waals surface area contributed by atoms with Crippen LogP contribution in [0.25, 0.3) is 22.8 Å². The maximum Gasteiger partial charge on any atom is 0.0894 e. The first-order valence-electron chi connectivity index (χ1n) is 10.7. The van der Waals surface area contributed by atoms with Crippen LogP contribution in [0.15, 0.2) is 85.1 Å². The van der Waals surface area contributed by atoms with Crippen molar-refractivity contribution in [3.8, 4) is 22.8 Å². The number of benzene rings is 1. The number of hydrogen-bond acceptors (Lipinski definition) is 3. The van der Waals surface area contributed by atoms with Gasteiger partial charge in [0, 0.05) is 11.6 Å². The second kappa shape index (κ2) is 8.07. The first kappa shape index (κ1) is 20.9. The molecule has 0 bridgehead atoms. The number of rotatable bonds is 4. The zero-order valence-electron chi connectivity index (χ0n) is 18.9. The predicted molar refractivity (Wildman–Crippen MR) is 128 cm³/mol. The molecule has 0 aliphatic heterocycles. The third kappa shape index (κ3) is 4.41. The van der Waals surface area contributed by atoms with E-state index in [9.17, 15) is 0 Å². The van der Waals surface area contributed by atoms with Gasteiger partial charge in [-0.15, -0.1) is 0 Å². The normalized spacial score (nSPS) is 12.0. The highest BCUT2D eigenvalue weighted by molar-refractivity contribution is 5.63. The van der Waals surface area contributed by atoms with Crippen LogP contribution in [0, 0.1) is 0 Å². The molecule has 0 spiro atoms. The second-order valence-electron chi connectivity index (χ2n) is 9.49. The lowest BCUT2D eigenvalue weighted by Crippen LogP contribution is -2.23. The molecule has 3 aromatic heterocycles. The van der Waals surface area contributed by atoms with Gasteiger partial charge in [0.05, 0.1) is 28.5 Å². The van der Waals surface area contributed by atoms with Crippen LogP contribution in [0.4, 0.5) is 0 Å². The van der Waals surface area contributed by atoms with Crippen molar-refractivity contribution < 1.29 is 0 Å². The summed E-state index contributed by atoms with van der Waals surface area (Å²) in [6.45, 7) is 11.2. The zero-order valence-corrected chi connectivity index (χ0v) is 18.9. The molecule has 1 aromatic carbocycles. The maximum atomic E-state index is 5.12. The Labute approximate surface area is 185 Å². The molecule has 0 aliphatic rings. The van der Waals surface area contributed by atoms with Crippen molar-refractivity contribution in [3.63, 3.8) is 0 Å². The Kier molecular flexibility index (Phi) is 5.45. The van der Waals surface area contributed by atoms with Crippen LogP contribution in [-0.2, 0) is 10.8 Å². The van der Waals surface area contributed by atoms with Crippen LogP contribution in [0.1, 0.15) is 51.4 Å². The van der Waals surface area contributed by atoms with Gasteiger partial charge < -0.3 is 0 Å². The minimum absolute atomic E-state index is 0.00218. The minimum atomic E-state index is -0.226. The van der Waals surface area contributed by atoms with Crippen LogP contribution in [-0.4, -0.2) is 15.0 Å². The highest BCUT2D eigenvalue weighted by atomic mass is 14.8. The van der Waals surface area contributed by atoms with Crippen molar-refractivity contribution in [2.24, 2.45) is 0 Å². The summed E-state index contributed by atoms with van der Waals surface area (Å²) < 4.78 is 0. The fourth-order valence-corrected chi connectivity index (χ4v) is 3.65. The summed E-state index contributed by atoms with van der Waals surface area (Å²) in [6.07, 6.45) is 1.79. The molecule has 31 heavy (non-hydrogen) atoms. The van der Waals surface area contributed by atoms with Gasteiger partial charge in [0.1, 0.15) is 0 Å². The number of pyridine rings is 3. The van der Waals surface area contributed by atoms with E-state index in [1.165, 1.54) is 11.1 Å². The molecule has 4 aromatic rings. The molecule has 0 fully saturated rings.